The molecule has 2 saturated heterocycles. The molecule has 0 radical (unpaired) electrons. The van der Waals surface area contributed by atoms with Crippen LogP contribution in [0.15, 0.2) is 24.3 Å². The minimum absolute atomic E-state index is 0.0505. The maximum absolute atomic E-state index is 12.5. The fraction of sp³-hybridized carbons (Fsp3) is 0.636. The lowest BCUT2D eigenvalue weighted by Crippen LogP contribution is -2.53. The molecule has 0 bridgehead atoms. The van der Waals surface area contributed by atoms with Gasteiger partial charge in [-0.2, -0.15) is 0 Å². The number of nitrogens with zero attached hydrogens (tertiary/aromatic N) is 3. The number of likely N-dealkylation sites (tertiary alicyclic amines) is 2. The van der Waals surface area contributed by atoms with E-state index in [4.69, 9.17) is 0 Å². The molecule has 0 aliphatic carbocycles. The van der Waals surface area contributed by atoms with Crippen molar-refractivity contribution in [1.29, 1.82) is 0 Å². The van der Waals surface area contributed by atoms with Gasteiger partial charge in [0.25, 0.3) is 5.91 Å². The molecule has 6 heteroatoms. The van der Waals surface area contributed by atoms with Crippen LogP contribution in [0.25, 0.3) is 0 Å². The van der Waals surface area contributed by atoms with Crippen LogP contribution < -0.4 is 5.32 Å². The summed E-state index contributed by atoms with van der Waals surface area (Å²) in [5.41, 5.74) is 1.85. The Balaban J connectivity index is 1.22. The van der Waals surface area contributed by atoms with Crippen LogP contribution in [0, 0.1) is 0 Å². The molecule has 1 atom stereocenters. The molecule has 1 N–H and O–H groups in total. The number of nitrogens with one attached hydrogen (secondary N) is 1. The Morgan fingerprint density at radius 2 is 1.93 bits per heavy atom. The van der Waals surface area contributed by atoms with E-state index in [1.165, 1.54) is 25.9 Å². The van der Waals surface area contributed by atoms with Crippen molar-refractivity contribution in [3.63, 3.8) is 0 Å². The van der Waals surface area contributed by atoms with E-state index in [9.17, 15) is 9.59 Å². The highest BCUT2D eigenvalue weighted by Crippen LogP contribution is 2.23. The van der Waals surface area contributed by atoms with E-state index in [1.807, 2.05) is 24.3 Å². The van der Waals surface area contributed by atoms with Crippen LogP contribution in [0.4, 0.5) is 0 Å². The third-order valence-corrected chi connectivity index (χ3v) is 6.53. The van der Waals surface area contributed by atoms with E-state index in [1.54, 1.807) is 4.90 Å². The standard InChI is InChI=1S/C22H32N4O2/c1-24-12-8-19(9-13-24)25-11-4-6-18(16-25)23-21(27)10-14-26-15-17-5-2-3-7-20(17)22(26)28/h2-3,5,7,18-19H,4,6,8-16H2,1H3,(H,23,27). The van der Waals surface area contributed by atoms with E-state index < -0.39 is 0 Å². The summed E-state index contributed by atoms with van der Waals surface area (Å²) < 4.78 is 0. The van der Waals surface area contributed by atoms with Crippen LogP contribution in [0.5, 0.6) is 0 Å². The van der Waals surface area contributed by atoms with Crippen LogP contribution in [0.1, 0.15) is 48.0 Å². The van der Waals surface area contributed by atoms with Gasteiger partial charge < -0.3 is 15.1 Å². The molecular formula is C22H32N4O2. The number of fused-ring (bicyclic) bond motifs is 1. The summed E-state index contributed by atoms with van der Waals surface area (Å²) in [6.07, 6.45) is 5.05. The second-order valence-corrected chi connectivity index (χ2v) is 8.57. The maximum atomic E-state index is 12.5. The highest BCUT2D eigenvalue weighted by Gasteiger charge is 2.30. The van der Waals surface area contributed by atoms with Crippen molar-refractivity contribution in [1.82, 2.24) is 20.0 Å². The first kappa shape index (κ1) is 19.4. The number of carbonyl (C=O) groups is 2. The topological polar surface area (TPSA) is 55.9 Å². The number of hydrogen-bond donors (Lipinski definition) is 1. The van der Waals surface area contributed by atoms with Gasteiger partial charge in [0.1, 0.15) is 0 Å². The van der Waals surface area contributed by atoms with E-state index >= 15 is 0 Å². The van der Waals surface area contributed by atoms with Crippen LogP contribution in [0.3, 0.4) is 0 Å². The molecular weight excluding hydrogens is 352 g/mol. The van der Waals surface area contributed by atoms with Crippen LogP contribution in [-0.4, -0.2) is 78.4 Å². The van der Waals surface area contributed by atoms with Crippen LogP contribution >= 0.6 is 0 Å². The Hall–Kier alpha value is -1.92. The van der Waals surface area contributed by atoms with E-state index in [-0.39, 0.29) is 17.9 Å². The van der Waals surface area contributed by atoms with Crippen molar-refractivity contribution < 1.29 is 9.59 Å². The van der Waals surface area contributed by atoms with Gasteiger partial charge in [0.2, 0.25) is 5.91 Å². The van der Waals surface area contributed by atoms with Gasteiger partial charge in [-0.15, -0.1) is 0 Å². The van der Waals surface area contributed by atoms with Gasteiger partial charge in [-0.3, -0.25) is 14.5 Å². The summed E-state index contributed by atoms with van der Waals surface area (Å²) in [6, 6.07) is 8.63. The largest absolute Gasteiger partial charge is 0.352 e. The van der Waals surface area contributed by atoms with Gasteiger partial charge in [-0.05, 0) is 64.0 Å². The number of amides is 2. The predicted octanol–water partition coefficient (Wildman–Crippen LogP) is 1.71. The second kappa shape index (κ2) is 8.62. The molecule has 28 heavy (non-hydrogen) atoms. The summed E-state index contributed by atoms with van der Waals surface area (Å²) >= 11 is 0. The van der Waals surface area contributed by atoms with Gasteiger partial charge in [-0.25, -0.2) is 0 Å². The van der Waals surface area contributed by atoms with E-state index in [0.717, 1.165) is 37.1 Å². The molecule has 0 aromatic heterocycles. The first-order valence-corrected chi connectivity index (χ1v) is 10.7. The molecule has 3 aliphatic rings. The Morgan fingerprint density at radius 1 is 1.14 bits per heavy atom. The SMILES string of the molecule is CN1CCC(N2CCCC(NC(=O)CCN3Cc4ccccc4C3=O)C2)CC1. The Labute approximate surface area is 167 Å². The molecule has 1 aromatic carbocycles. The average molecular weight is 385 g/mol. The minimum Gasteiger partial charge on any atom is -0.352 e. The molecule has 152 valence electrons. The summed E-state index contributed by atoms with van der Waals surface area (Å²) in [7, 11) is 2.19. The first-order chi connectivity index (χ1) is 13.6. The second-order valence-electron chi connectivity index (χ2n) is 8.57. The maximum Gasteiger partial charge on any atom is 0.254 e. The van der Waals surface area contributed by atoms with Crippen molar-refractivity contribution in [2.75, 3.05) is 39.8 Å². The lowest BCUT2D eigenvalue weighted by molar-refractivity contribution is -0.122. The van der Waals surface area contributed by atoms with Crippen molar-refractivity contribution in [2.24, 2.45) is 0 Å². The molecule has 0 saturated carbocycles. The monoisotopic (exact) mass is 384 g/mol. The zero-order chi connectivity index (χ0) is 19.5. The van der Waals surface area contributed by atoms with Gasteiger partial charge >= 0.3 is 0 Å². The summed E-state index contributed by atoms with van der Waals surface area (Å²) in [4.78, 5) is 31.7. The summed E-state index contributed by atoms with van der Waals surface area (Å²) in [5.74, 6) is 0.119. The molecule has 3 heterocycles. The fourth-order valence-corrected chi connectivity index (χ4v) is 4.85. The zero-order valence-corrected chi connectivity index (χ0v) is 16.9. The molecule has 4 rings (SSSR count). The number of hydrogen-bond acceptors (Lipinski definition) is 4. The first-order valence-electron chi connectivity index (χ1n) is 10.7. The fourth-order valence-electron chi connectivity index (χ4n) is 4.85. The van der Waals surface area contributed by atoms with Gasteiger partial charge in [0.05, 0.1) is 0 Å². The zero-order valence-electron chi connectivity index (χ0n) is 16.9. The number of benzene rings is 1. The van der Waals surface area contributed by atoms with Crippen molar-refractivity contribution in [2.45, 2.75) is 50.7 Å². The average Bonchev–Trinajstić information content (AvgIpc) is 3.03. The number of piperidine rings is 2. The summed E-state index contributed by atoms with van der Waals surface area (Å²) in [6.45, 7) is 5.57. The highest BCUT2D eigenvalue weighted by molar-refractivity contribution is 5.98. The molecule has 3 aliphatic heterocycles. The van der Waals surface area contributed by atoms with Crippen LogP contribution in [-0.2, 0) is 11.3 Å². The molecule has 1 aromatic rings. The van der Waals surface area contributed by atoms with E-state index in [2.05, 4.69) is 22.2 Å². The Bertz CT molecular complexity index is 714. The molecule has 1 unspecified atom stereocenters. The Kier molecular flexibility index (Phi) is 5.97. The van der Waals surface area contributed by atoms with Crippen molar-refractivity contribution in [3.8, 4) is 0 Å². The molecule has 2 amide bonds. The predicted molar refractivity (Wildman–Crippen MR) is 109 cm³/mol. The van der Waals surface area contributed by atoms with E-state index in [0.29, 0.717) is 25.6 Å². The minimum atomic E-state index is 0.0505. The smallest absolute Gasteiger partial charge is 0.254 e. The van der Waals surface area contributed by atoms with Gasteiger partial charge in [-0.1, -0.05) is 18.2 Å². The molecule has 6 nitrogen and oxygen atoms in total. The third-order valence-electron chi connectivity index (χ3n) is 6.53. The van der Waals surface area contributed by atoms with Crippen molar-refractivity contribution >= 4 is 11.8 Å². The van der Waals surface area contributed by atoms with Gasteiger partial charge in [0, 0.05) is 43.7 Å². The normalized spacial score (nSPS) is 24.4. The van der Waals surface area contributed by atoms with Crippen molar-refractivity contribution in [3.05, 3.63) is 35.4 Å². The Morgan fingerprint density at radius 3 is 2.71 bits per heavy atom. The summed E-state index contributed by atoms with van der Waals surface area (Å²) in [5, 5.41) is 3.23. The molecule has 0 spiro atoms. The third kappa shape index (κ3) is 4.39. The quantitative estimate of drug-likeness (QED) is 0.840. The number of rotatable bonds is 5. The lowest BCUT2D eigenvalue weighted by atomic mass is 9.98. The molecule has 2 fully saturated rings. The highest BCUT2D eigenvalue weighted by atomic mass is 16.2. The number of carbonyl (C=O) groups excluding carboxylic acids is 2. The van der Waals surface area contributed by atoms with Gasteiger partial charge in [0.15, 0.2) is 0 Å². The van der Waals surface area contributed by atoms with Crippen LogP contribution in [0.2, 0.25) is 0 Å². The lowest BCUT2D eigenvalue weighted by Gasteiger charge is -2.41.